The summed E-state index contributed by atoms with van der Waals surface area (Å²) < 4.78 is 0. The smallest absolute Gasteiger partial charge is 0.144 e. The summed E-state index contributed by atoms with van der Waals surface area (Å²) in [4.78, 5) is 8.10. The van der Waals surface area contributed by atoms with Crippen LogP contribution in [0.1, 0.15) is 20.8 Å². The maximum atomic E-state index is 4.13. The lowest BCUT2D eigenvalue weighted by molar-refractivity contribution is 0.558. The van der Waals surface area contributed by atoms with Gasteiger partial charge in [0.25, 0.3) is 0 Å². The first-order valence-corrected chi connectivity index (χ1v) is 4.22. The van der Waals surface area contributed by atoms with E-state index in [1.165, 1.54) is 0 Å². The molecular formula is C9H15N3. The molecule has 0 spiro atoms. The summed E-state index contributed by atoms with van der Waals surface area (Å²) in [5.41, 5.74) is 0. The Morgan fingerprint density at radius 1 is 1.25 bits per heavy atom. The van der Waals surface area contributed by atoms with E-state index in [0.717, 1.165) is 5.82 Å². The molecule has 0 aliphatic carbocycles. The first kappa shape index (κ1) is 8.97. The van der Waals surface area contributed by atoms with E-state index in [1.54, 1.807) is 18.6 Å². The summed E-state index contributed by atoms with van der Waals surface area (Å²) in [6, 6.07) is 0.432. The van der Waals surface area contributed by atoms with Gasteiger partial charge >= 0.3 is 0 Å². The molecule has 1 aromatic heterocycles. The molecule has 0 fully saturated rings. The fraction of sp³-hybridized carbons (Fsp3) is 0.556. The molecule has 3 heteroatoms. The summed E-state index contributed by atoms with van der Waals surface area (Å²) in [5.74, 6) is 1.45. The van der Waals surface area contributed by atoms with Gasteiger partial charge in [-0.05, 0) is 12.8 Å². The summed E-state index contributed by atoms with van der Waals surface area (Å²) in [6.07, 6.45) is 5.10. The zero-order valence-electron chi connectivity index (χ0n) is 7.78. The Morgan fingerprint density at radius 2 is 2.00 bits per heavy atom. The lowest BCUT2D eigenvalue weighted by atomic mass is 10.1. The standard InChI is InChI=1S/C9H15N3/c1-7(2)8(3)12-9-6-10-4-5-11-9/h4-8H,1-3H3,(H,11,12)/t8-/m1/s1. The van der Waals surface area contributed by atoms with E-state index in [1.807, 2.05) is 0 Å². The third-order valence-corrected chi connectivity index (χ3v) is 1.94. The van der Waals surface area contributed by atoms with Gasteiger partial charge in [-0.25, -0.2) is 4.98 Å². The minimum atomic E-state index is 0.432. The predicted octanol–water partition coefficient (Wildman–Crippen LogP) is 1.93. The van der Waals surface area contributed by atoms with E-state index in [9.17, 15) is 0 Å². The molecule has 1 heterocycles. The molecule has 0 unspecified atom stereocenters. The number of anilines is 1. The Morgan fingerprint density at radius 3 is 2.50 bits per heavy atom. The van der Waals surface area contributed by atoms with Crippen LogP contribution >= 0.6 is 0 Å². The molecule has 1 aromatic rings. The van der Waals surface area contributed by atoms with E-state index in [0.29, 0.717) is 12.0 Å². The second-order valence-corrected chi connectivity index (χ2v) is 3.27. The van der Waals surface area contributed by atoms with Gasteiger partial charge in [0.05, 0.1) is 6.20 Å². The first-order valence-electron chi connectivity index (χ1n) is 4.22. The zero-order valence-corrected chi connectivity index (χ0v) is 7.78. The first-order chi connectivity index (χ1) is 5.70. The van der Waals surface area contributed by atoms with E-state index in [2.05, 4.69) is 36.1 Å². The van der Waals surface area contributed by atoms with Gasteiger partial charge in [-0.2, -0.15) is 0 Å². The molecule has 1 N–H and O–H groups in total. The highest BCUT2D eigenvalue weighted by molar-refractivity contribution is 5.31. The van der Waals surface area contributed by atoms with Crippen molar-refractivity contribution in [2.45, 2.75) is 26.8 Å². The van der Waals surface area contributed by atoms with Gasteiger partial charge in [-0.15, -0.1) is 0 Å². The fourth-order valence-electron chi connectivity index (χ4n) is 0.774. The summed E-state index contributed by atoms with van der Waals surface area (Å²) in [6.45, 7) is 6.49. The molecule has 1 atom stereocenters. The van der Waals surface area contributed by atoms with Crippen molar-refractivity contribution in [1.29, 1.82) is 0 Å². The molecule has 0 saturated carbocycles. The van der Waals surface area contributed by atoms with Crippen LogP contribution < -0.4 is 5.32 Å². The van der Waals surface area contributed by atoms with Crippen LogP contribution in [0, 0.1) is 5.92 Å². The molecule has 0 aliphatic heterocycles. The third-order valence-electron chi connectivity index (χ3n) is 1.94. The lowest BCUT2D eigenvalue weighted by Gasteiger charge is -2.17. The maximum absolute atomic E-state index is 4.13. The number of nitrogens with one attached hydrogen (secondary N) is 1. The molecule has 0 saturated heterocycles. The SMILES string of the molecule is CC(C)[C@@H](C)Nc1cnccn1. The summed E-state index contributed by atoms with van der Waals surface area (Å²) in [5, 5.41) is 3.27. The van der Waals surface area contributed by atoms with E-state index < -0.39 is 0 Å². The molecule has 3 nitrogen and oxygen atoms in total. The Kier molecular flexibility index (Phi) is 3.02. The zero-order chi connectivity index (χ0) is 8.97. The molecule has 12 heavy (non-hydrogen) atoms. The van der Waals surface area contributed by atoms with Gasteiger partial charge in [0, 0.05) is 18.4 Å². The van der Waals surface area contributed by atoms with Crippen LogP contribution in [0.3, 0.4) is 0 Å². The molecule has 0 aromatic carbocycles. The van der Waals surface area contributed by atoms with Crippen molar-refractivity contribution < 1.29 is 0 Å². The number of hydrogen-bond acceptors (Lipinski definition) is 3. The minimum absolute atomic E-state index is 0.432. The average Bonchev–Trinajstić information content (AvgIpc) is 2.06. The van der Waals surface area contributed by atoms with Crippen molar-refractivity contribution in [3.63, 3.8) is 0 Å². The second kappa shape index (κ2) is 4.04. The van der Waals surface area contributed by atoms with Gasteiger partial charge < -0.3 is 5.32 Å². The van der Waals surface area contributed by atoms with Crippen molar-refractivity contribution in [2.24, 2.45) is 5.92 Å². The van der Waals surface area contributed by atoms with Crippen LogP contribution in [0.5, 0.6) is 0 Å². The van der Waals surface area contributed by atoms with Gasteiger partial charge in [0.1, 0.15) is 5.82 Å². The monoisotopic (exact) mass is 165 g/mol. The Hall–Kier alpha value is -1.12. The minimum Gasteiger partial charge on any atom is -0.366 e. The number of aromatic nitrogens is 2. The number of rotatable bonds is 3. The normalized spacial score (nSPS) is 13.0. The molecular weight excluding hydrogens is 150 g/mol. The molecule has 66 valence electrons. The Labute approximate surface area is 73.2 Å². The van der Waals surface area contributed by atoms with E-state index in [4.69, 9.17) is 0 Å². The van der Waals surface area contributed by atoms with Gasteiger partial charge in [0.15, 0.2) is 0 Å². The van der Waals surface area contributed by atoms with Crippen LogP contribution in [-0.2, 0) is 0 Å². The molecule has 0 aliphatic rings. The van der Waals surface area contributed by atoms with Crippen molar-refractivity contribution in [1.82, 2.24) is 9.97 Å². The number of hydrogen-bond donors (Lipinski definition) is 1. The van der Waals surface area contributed by atoms with Crippen LogP contribution in [0.25, 0.3) is 0 Å². The Bertz CT molecular complexity index is 220. The van der Waals surface area contributed by atoms with Crippen molar-refractivity contribution in [3.8, 4) is 0 Å². The van der Waals surface area contributed by atoms with Crippen LogP contribution in [-0.4, -0.2) is 16.0 Å². The predicted molar refractivity (Wildman–Crippen MR) is 50.0 cm³/mol. The van der Waals surface area contributed by atoms with Crippen LogP contribution in [0.2, 0.25) is 0 Å². The van der Waals surface area contributed by atoms with Crippen molar-refractivity contribution >= 4 is 5.82 Å². The van der Waals surface area contributed by atoms with Gasteiger partial charge in [-0.3, -0.25) is 4.98 Å². The fourth-order valence-corrected chi connectivity index (χ4v) is 0.774. The lowest BCUT2D eigenvalue weighted by Crippen LogP contribution is -2.22. The summed E-state index contributed by atoms with van der Waals surface area (Å²) >= 11 is 0. The molecule has 0 amide bonds. The number of nitrogens with zero attached hydrogens (tertiary/aromatic N) is 2. The summed E-state index contributed by atoms with van der Waals surface area (Å²) in [7, 11) is 0. The molecule has 0 radical (unpaired) electrons. The highest BCUT2D eigenvalue weighted by Gasteiger charge is 2.06. The molecule has 0 bridgehead atoms. The maximum Gasteiger partial charge on any atom is 0.144 e. The molecule has 1 rings (SSSR count). The van der Waals surface area contributed by atoms with Gasteiger partial charge in [-0.1, -0.05) is 13.8 Å². The third kappa shape index (κ3) is 2.49. The highest BCUT2D eigenvalue weighted by Crippen LogP contribution is 2.07. The Balaban J connectivity index is 2.53. The van der Waals surface area contributed by atoms with Crippen LogP contribution in [0.4, 0.5) is 5.82 Å². The van der Waals surface area contributed by atoms with Crippen molar-refractivity contribution in [3.05, 3.63) is 18.6 Å². The van der Waals surface area contributed by atoms with E-state index in [-0.39, 0.29) is 0 Å². The van der Waals surface area contributed by atoms with Gasteiger partial charge in [0.2, 0.25) is 0 Å². The van der Waals surface area contributed by atoms with Crippen LogP contribution in [0.15, 0.2) is 18.6 Å². The van der Waals surface area contributed by atoms with E-state index >= 15 is 0 Å². The van der Waals surface area contributed by atoms with Crippen molar-refractivity contribution in [2.75, 3.05) is 5.32 Å². The quantitative estimate of drug-likeness (QED) is 0.743. The second-order valence-electron chi connectivity index (χ2n) is 3.27. The average molecular weight is 165 g/mol. The topological polar surface area (TPSA) is 37.8 Å². The largest absolute Gasteiger partial charge is 0.366 e. The highest BCUT2D eigenvalue weighted by atomic mass is 15.0.